The molecule has 1 unspecified atom stereocenters. The van der Waals surface area contributed by atoms with Crippen molar-refractivity contribution >= 4 is 21.6 Å². The van der Waals surface area contributed by atoms with Crippen LogP contribution in [0, 0.1) is 5.92 Å². The number of likely N-dealkylation sites (N-methyl/N-ethyl adjacent to an activating group) is 1. The summed E-state index contributed by atoms with van der Waals surface area (Å²) in [5.41, 5.74) is 1.33. The standard InChI is InChI=1S/C17H24N4OS/c1-11-3-4-12-13(9-11)23-17-15(12)16(22)18-14(19-17)10-21-7-5-20(2)6-8-21/h11H,3-10H2,1-2H3,(H,18,19,22). The van der Waals surface area contributed by atoms with Crippen LogP contribution < -0.4 is 5.56 Å². The molecule has 1 atom stereocenters. The molecule has 0 amide bonds. The molecule has 2 aromatic rings. The van der Waals surface area contributed by atoms with Gasteiger partial charge in [-0.1, -0.05) is 6.92 Å². The zero-order valence-electron chi connectivity index (χ0n) is 13.9. The maximum Gasteiger partial charge on any atom is 0.259 e. The van der Waals surface area contributed by atoms with Crippen LogP contribution in [-0.4, -0.2) is 53.0 Å². The van der Waals surface area contributed by atoms with Crippen LogP contribution in [0.4, 0.5) is 0 Å². The Morgan fingerprint density at radius 3 is 2.87 bits per heavy atom. The third-order valence-electron chi connectivity index (χ3n) is 5.18. The van der Waals surface area contributed by atoms with Gasteiger partial charge in [0.15, 0.2) is 0 Å². The van der Waals surface area contributed by atoms with E-state index in [9.17, 15) is 4.79 Å². The second-order valence-corrected chi connectivity index (χ2v) is 8.21. The van der Waals surface area contributed by atoms with Gasteiger partial charge in [-0.05, 0) is 37.8 Å². The Bertz CT molecular complexity index is 773. The highest BCUT2D eigenvalue weighted by Gasteiger charge is 2.23. The molecule has 0 aromatic carbocycles. The van der Waals surface area contributed by atoms with Crippen molar-refractivity contribution < 1.29 is 0 Å². The Labute approximate surface area is 140 Å². The van der Waals surface area contributed by atoms with Gasteiger partial charge in [0.25, 0.3) is 5.56 Å². The topological polar surface area (TPSA) is 52.2 Å². The van der Waals surface area contributed by atoms with Crippen molar-refractivity contribution in [2.75, 3.05) is 33.2 Å². The van der Waals surface area contributed by atoms with Crippen LogP contribution in [0.1, 0.15) is 29.6 Å². The minimum atomic E-state index is 0.0613. The molecule has 1 aliphatic heterocycles. The molecule has 2 aromatic heterocycles. The first-order chi connectivity index (χ1) is 11.1. The van der Waals surface area contributed by atoms with Crippen molar-refractivity contribution in [2.45, 2.75) is 32.7 Å². The van der Waals surface area contributed by atoms with Crippen LogP contribution in [0.25, 0.3) is 10.2 Å². The van der Waals surface area contributed by atoms with Crippen molar-refractivity contribution in [3.8, 4) is 0 Å². The Morgan fingerprint density at radius 2 is 2.09 bits per heavy atom. The Balaban J connectivity index is 1.64. The highest BCUT2D eigenvalue weighted by molar-refractivity contribution is 7.18. The first kappa shape index (κ1) is 15.3. The van der Waals surface area contributed by atoms with E-state index >= 15 is 0 Å². The largest absolute Gasteiger partial charge is 0.309 e. The van der Waals surface area contributed by atoms with Crippen molar-refractivity contribution in [1.29, 1.82) is 0 Å². The molecule has 2 aliphatic rings. The number of H-pyrrole nitrogens is 1. The van der Waals surface area contributed by atoms with Crippen LogP contribution in [0.2, 0.25) is 0 Å². The zero-order valence-corrected chi connectivity index (χ0v) is 14.7. The molecule has 1 saturated heterocycles. The normalized spacial score (nSPS) is 23.3. The molecular formula is C17H24N4OS. The van der Waals surface area contributed by atoms with E-state index in [0.29, 0.717) is 0 Å². The monoisotopic (exact) mass is 332 g/mol. The van der Waals surface area contributed by atoms with E-state index in [0.717, 1.165) is 67.5 Å². The van der Waals surface area contributed by atoms with Gasteiger partial charge in [-0.25, -0.2) is 4.98 Å². The summed E-state index contributed by atoms with van der Waals surface area (Å²) < 4.78 is 0. The maximum atomic E-state index is 12.6. The Hall–Kier alpha value is -1.24. The number of nitrogens with one attached hydrogen (secondary N) is 1. The molecule has 6 heteroatoms. The summed E-state index contributed by atoms with van der Waals surface area (Å²) in [6.45, 7) is 7.28. The number of hydrogen-bond donors (Lipinski definition) is 1. The number of piperazine rings is 1. The lowest BCUT2D eigenvalue weighted by Crippen LogP contribution is -2.44. The average molecular weight is 332 g/mol. The van der Waals surface area contributed by atoms with Gasteiger partial charge in [-0.15, -0.1) is 11.3 Å². The molecule has 4 rings (SSSR count). The van der Waals surface area contributed by atoms with Gasteiger partial charge in [0.05, 0.1) is 11.9 Å². The van der Waals surface area contributed by atoms with E-state index in [1.807, 2.05) is 0 Å². The van der Waals surface area contributed by atoms with E-state index < -0.39 is 0 Å². The number of aryl methyl sites for hydroxylation is 1. The van der Waals surface area contributed by atoms with Crippen molar-refractivity contribution in [3.05, 3.63) is 26.6 Å². The number of nitrogens with zero attached hydrogens (tertiary/aromatic N) is 3. The second-order valence-electron chi connectivity index (χ2n) is 7.12. The second kappa shape index (κ2) is 6.00. The molecular weight excluding hydrogens is 308 g/mol. The predicted octanol–water partition coefficient (Wildman–Crippen LogP) is 1.86. The van der Waals surface area contributed by atoms with Crippen molar-refractivity contribution in [1.82, 2.24) is 19.8 Å². The predicted molar refractivity (Wildman–Crippen MR) is 94.2 cm³/mol. The summed E-state index contributed by atoms with van der Waals surface area (Å²) in [6.07, 6.45) is 3.31. The van der Waals surface area contributed by atoms with Gasteiger partial charge >= 0.3 is 0 Å². The van der Waals surface area contributed by atoms with E-state index in [1.165, 1.54) is 16.9 Å². The fraction of sp³-hybridized carbons (Fsp3) is 0.647. The SMILES string of the molecule is CC1CCc2c(sc3nc(CN4CCN(C)CC4)[nH]c(=O)c23)C1. The van der Waals surface area contributed by atoms with Gasteiger partial charge in [0, 0.05) is 31.1 Å². The van der Waals surface area contributed by atoms with Crippen LogP contribution >= 0.6 is 11.3 Å². The molecule has 124 valence electrons. The van der Waals surface area contributed by atoms with Gasteiger partial charge in [0.1, 0.15) is 10.7 Å². The molecule has 1 aliphatic carbocycles. The lowest BCUT2D eigenvalue weighted by molar-refractivity contribution is 0.145. The molecule has 0 bridgehead atoms. The van der Waals surface area contributed by atoms with Crippen molar-refractivity contribution in [3.63, 3.8) is 0 Å². The number of hydrogen-bond acceptors (Lipinski definition) is 5. The first-order valence-corrected chi connectivity index (χ1v) is 9.36. The fourth-order valence-electron chi connectivity index (χ4n) is 3.69. The lowest BCUT2D eigenvalue weighted by atomic mass is 9.89. The molecule has 0 radical (unpaired) electrons. The minimum absolute atomic E-state index is 0.0613. The number of fused-ring (bicyclic) bond motifs is 3. The number of rotatable bonds is 2. The fourth-order valence-corrected chi connectivity index (χ4v) is 5.09. The van der Waals surface area contributed by atoms with Gasteiger partial charge in [-0.3, -0.25) is 9.69 Å². The third-order valence-corrected chi connectivity index (χ3v) is 6.33. The summed E-state index contributed by atoms with van der Waals surface area (Å²) >= 11 is 1.74. The smallest absolute Gasteiger partial charge is 0.259 e. The molecule has 0 spiro atoms. The molecule has 0 saturated carbocycles. The van der Waals surface area contributed by atoms with E-state index in [4.69, 9.17) is 4.98 Å². The van der Waals surface area contributed by atoms with Crippen LogP contribution in [0.5, 0.6) is 0 Å². The summed E-state index contributed by atoms with van der Waals surface area (Å²) in [5, 5.41) is 0.860. The quantitative estimate of drug-likeness (QED) is 0.912. The molecule has 1 fully saturated rings. The molecule has 23 heavy (non-hydrogen) atoms. The minimum Gasteiger partial charge on any atom is -0.309 e. The highest BCUT2D eigenvalue weighted by Crippen LogP contribution is 2.35. The number of thiophene rings is 1. The van der Waals surface area contributed by atoms with Gasteiger partial charge in [-0.2, -0.15) is 0 Å². The van der Waals surface area contributed by atoms with Gasteiger partial charge < -0.3 is 9.88 Å². The summed E-state index contributed by atoms with van der Waals surface area (Å²) in [5.74, 6) is 1.54. The van der Waals surface area contributed by atoms with Crippen LogP contribution in [0.3, 0.4) is 0 Å². The summed E-state index contributed by atoms with van der Waals surface area (Å²) in [7, 11) is 2.15. The van der Waals surface area contributed by atoms with E-state index in [2.05, 4.69) is 28.8 Å². The van der Waals surface area contributed by atoms with Crippen LogP contribution in [-0.2, 0) is 19.4 Å². The summed E-state index contributed by atoms with van der Waals surface area (Å²) in [4.78, 5) is 27.5. The van der Waals surface area contributed by atoms with E-state index in [-0.39, 0.29) is 5.56 Å². The maximum absolute atomic E-state index is 12.6. The van der Waals surface area contributed by atoms with Crippen LogP contribution in [0.15, 0.2) is 4.79 Å². The number of aromatic amines is 1. The van der Waals surface area contributed by atoms with Crippen molar-refractivity contribution in [2.24, 2.45) is 5.92 Å². The Kier molecular flexibility index (Phi) is 3.99. The third kappa shape index (κ3) is 2.95. The summed E-state index contributed by atoms with van der Waals surface area (Å²) in [6, 6.07) is 0. The number of aromatic nitrogens is 2. The molecule has 3 heterocycles. The lowest BCUT2D eigenvalue weighted by Gasteiger charge is -2.31. The highest BCUT2D eigenvalue weighted by atomic mass is 32.1. The molecule has 1 N–H and O–H groups in total. The Morgan fingerprint density at radius 1 is 1.30 bits per heavy atom. The molecule has 5 nitrogen and oxygen atoms in total. The van der Waals surface area contributed by atoms with Gasteiger partial charge in [0.2, 0.25) is 0 Å². The zero-order chi connectivity index (χ0) is 16.0. The van der Waals surface area contributed by atoms with E-state index in [1.54, 1.807) is 11.3 Å². The first-order valence-electron chi connectivity index (χ1n) is 8.54. The average Bonchev–Trinajstić information content (AvgIpc) is 2.87.